The first kappa shape index (κ1) is 15.8. The third-order valence-corrected chi connectivity index (χ3v) is 2.89. The Balaban J connectivity index is 1.87. The van der Waals surface area contributed by atoms with E-state index in [1.165, 1.54) is 6.33 Å². The average Bonchev–Trinajstić information content (AvgIpc) is 2.57. The number of aromatic nitrogens is 2. The number of hydrogen-bond acceptors (Lipinski definition) is 6. The minimum Gasteiger partial charge on any atom is -0.494 e. The monoisotopic (exact) mass is 300 g/mol. The van der Waals surface area contributed by atoms with Crippen LogP contribution in [-0.2, 0) is 0 Å². The van der Waals surface area contributed by atoms with Crippen LogP contribution in [0.25, 0.3) is 0 Å². The number of rotatable bonds is 8. The van der Waals surface area contributed by atoms with Crippen LogP contribution in [0.15, 0.2) is 41.8 Å². The van der Waals surface area contributed by atoms with E-state index in [9.17, 15) is 0 Å². The largest absolute Gasteiger partial charge is 0.494 e. The number of methoxy groups -OCH3 is 1. The summed E-state index contributed by atoms with van der Waals surface area (Å²) in [7, 11) is 1.56. The second-order valence-corrected chi connectivity index (χ2v) is 4.59. The Labute approximate surface area is 130 Å². The molecule has 1 N–H and O–H groups in total. The first-order valence-electron chi connectivity index (χ1n) is 7.20. The lowest BCUT2D eigenvalue weighted by Crippen LogP contribution is -1.97. The normalized spacial score (nSPS) is 10.6. The highest BCUT2D eigenvalue weighted by Gasteiger charge is 1.96. The van der Waals surface area contributed by atoms with Gasteiger partial charge in [-0.2, -0.15) is 5.10 Å². The van der Waals surface area contributed by atoms with Crippen molar-refractivity contribution in [2.45, 2.75) is 19.8 Å². The molecule has 0 aliphatic carbocycles. The molecule has 2 aromatic rings. The zero-order valence-corrected chi connectivity index (χ0v) is 12.8. The van der Waals surface area contributed by atoms with Crippen molar-refractivity contribution >= 4 is 12.0 Å². The van der Waals surface area contributed by atoms with Gasteiger partial charge in [-0.1, -0.05) is 13.3 Å². The molecule has 1 heterocycles. The van der Waals surface area contributed by atoms with Crippen molar-refractivity contribution in [3.05, 3.63) is 42.2 Å². The summed E-state index contributed by atoms with van der Waals surface area (Å²) >= 11 is 0. The van der Waals surface area contributed by atoms with Crippen LogP contribution >= 0.6 is 0 Å². The number of nitrogens with zero attached hydrogens (tertiary/aromatic N) is 3. The molecule has 0 fully saturated rings. The molecule has 6 heteroatoms. The second-order valence-electron chi connectivity index (χ2n) is 4.59. The Bertz CT molecular complexity index is 599. The molecule has 6 nitrogen and oxygen atoms in total. The lowest BCUT2D eigenvalue weighted by Gasteiger charge is -2.05. The molecule has 0 aliphatic rings. The Hall–Kier alpha value is -2.63. The fourth-order valence-electron chi connectivity index (χ4n) is 1.67. The highest BCUT2D eigenvalue weighted by atomic mass is 16.5. The van der Waals surface area contributed by atoms with E-state index in [2.05, 4.69) is 27.4 Å². The van der Waals surface area contributed by atoms with Crippen LogP contribution < -0.4 is 14.9 Å². The Kier molecular flexibility index (Phi) is 6.17. The number of benzene rings is 1. The van der Waals surface area contributed by atoms with Gasteiger partial charge in [0, 0.05) is 6.07 Å². The Morgan fingerprint density at radius 2 is 2.05 bits per heavy atom. The van der Waals surface area contributed by atoms with Gasteiger partial charge in [0.05, 0.1) is 19.9 Å². The molecular weight excluding hydrogens is 280 g/mol. The molecular formula is C16H20N4O2. The topological polar surface area (TPSA) is 68.6 Å². The van der Waals surface area contributed by atoms with Crippen molar-refractivity contribution in [1.29, 1.82) is 0 Å². The van der Waals surface area contributed by atoms with Gasteiger partial charge in [-0.3, -0.25) is 5.43 Å². The molecule has 0 bridgehead atoms. The zero-order valence-electron chi connectivity index (χ0n) is 12.8. The number of unbranched alkanes of at least 4 members (excludes halogenated alkanes) is 1. The average molecular weight is 300 g/mol. The van der Waals surface area contributed by atoms with Crippen molar-refractivity contribution in [2.24, 2.45) is 5.10 Å². The van der Waals surface area contributed by atoms with Crippen LogP contribution in [0.2, 0.25) is 0 Å². The van der Waals surface area contributed by atoms with Crippen LogP contribution in [0.5, 0.6) is 11.6 Å². The fraction of sp³-hybridized carbons (Fsp3) is 0.312. The summed E-state index contributed by atoms with van der Waals surface area (Å²) in [6, 6.07) is 9.44. The van der Waals surface area contributed by atoms with Crippen LogP contribution in [0, 0.1) is 0 Å². The van der Waals surface area contributed by atoms with Crippen molar-refractivity contribution in [2.75, 3.05) is 19.1 Å². The second kappa shape index (κ2) is 8.61. The molecule has 0 amide bonds. The first-order valence-corrected chi connectivity index (χ1v) is 7.20. The van der Waals surface area contributed by atoms with E-state index in [1.54, 1.807) is 19.4 Å². The third-order valence-electron chi connectivity index (χ3n) is 2.89. The van der Waals surface area contributed by atoms with E-state index in [0.717, 1.165) is 30.8 Å². The molecule has 22 heavy (non-hydrogen) atoms. The summed E-state index contributed by atoms with van der Waals surface area (Å²) < 4.78 is 10.6. The molecule has 0 unspecified atom stereocenters. The maximum absolute atomic E-state index is 5.61. The van der Waals surface area contributed by atoms with E-state index < -0.39 is 0 Å². The van der Waals surface area contributed by atoms with E-state index in [-0.39, 0.29) is 0 Å². The maximum atomic E-state index is 5.61. The first-order chi connectivity index (χ1) is 10.8. The van der Waals surface area contributed by atoms with Gasteiger partial charge in [0.15, 0.2) is 5.82 Å². The molecule has 1 aromatic carbocycles. The van der Waals surface area contributed by atoms with Crippen LogP contribution in [0.4, 0.5) is 5.82 Å². The SMILES string of the molecule is CCCCOc1ccc(/C=N/Nc2cc(OC)ncn2)cc1. The van der Waals surface area contributed by atoms with Crippen LogP contribution in [0.1, 0.15) is 25.3 Å². The van der Waals surface area contributed by atoms with E-state index in [4.69, 9.17) is 9.47 Å². The smallest absolute Gasteiger partial charge is 0.218 e. The predicted octanol–water partition coefficient (Wildman–Crippen LogP) is 3.11. The third kappa shape index (κ3) is 5.05. The highest BCUT2D eigenvalue weighted by molar-refractivity contribution is 5.80. The van der Waals surface area contributed by atoms with Gasteiger partial charge >= 0.3 is 0 Å². The summed E-state index contributed by atoms with van der Waals surface area (Å²) in [6.07, 6.45) is 5.32. The van der Waals surface area contributed by atoms with Gasteiger partial charge in [-0.05, 0) is 36.2 Å². The Morgan fingerprint density at radius 3 is 2.77 bits per heavy atom. The van der Waals surface area contributed by atoms with Crippen LogP contribution in [-0.4, -0.2) is 29.9 Å². The highest BCUT2D eigenvalue weighted by Crippen LogP contribution is 2.12. The van der Waals surface area contributed by atoms with E-state index >= 15 is 0 Å². The summed E-state index contributed by atoms with van der Waals surface area (Å²) in [5, 5.41) is 4.13. The van der Waals surface area contributed by atoms with Gasteiger partial charge in [-0.25, -0.2) is 9.97 Å². The molecule has 1 aromatic heterocycles. The molecule has 0 radical (unpaired) electrons. The molecule has 0 aliphatic heterocycles. The van der Waals surface area contributed by atoms with Gasteiger partial charge < -0.3 is 9.47 Å². The lowest BCUT2D eigenvalue weighted by atomic mass is 10.2. The number of hydrogen-bond donors (Lipinski definition) is 1. The minimum absolute atomic E-state index is 0.487. The molecule has 0 saturated carbocycles. The quantitative estimate of drug-likeness (QED) is 0.461. The summed E-state index contributed by atoms with van der Waals surface area (Å²) in [5.41, 5.74) is 3.80. The van der Waals surface area contributed by atoms with Gasteiger partial charge in [0.25, 0.3) is 0 Å². The van der Waals surface area contributed by atoms with Crippen molar-refractivity contribution in [3.63, 3.8) is 0 Å². The van der Waals surface area contributed by atoms with Gasteiger partial charge in [-0.15, -0.1) is 0 Å². The predicted molar refractivity (Wildman–Crippen MR) is 86.6 cm³/mol. The van der Waals surface area contributed by atoms with Crippen molar-refractivity contribution < 1.29 is 9.47 Å². The number of ether oxygens (including phenoxy) is 2. The maximum Gasteiger partial charge on any atom is 0.218 e. The van der Waals surface area contributed by atoms with E-state index in [0.29, 0.717) is 11.7 Å². The molecule has 2 rings (SSSR count). The minimum atomic E-state index is 0.487. The molecule has 116 valence electrons. The lowest BCUT2D eigenvalue weighted by molar-refractivity contribution is 0.309. The Morgan fingerprint density at radius 1 is 1.23 bits per heavy atom. The summed E-state index contributed by atoms with van der Waals surface area (Å²) in [4.78, 5) is 7.96. The number of nitrogens with one attached hydrogen (secondary N) is 1. The molecule has 0 saturated heterocycles. The molecule has 0 spiro atoms. The van der Waals surface area contributed by atoms with Gasteiger partial charge in [0.2, 0.25) is 5.88 Å². The fourth-order valence-corrected chi connectivity index (χ4v) is 1.67. The standard InChI is InChI=1S/C16H20N4O2/c1-3-4-9-22-14-7-5-13(6-8-14)11-19-20-15-10-16(21-2)18-12-17-15/h5-8,10-12H,3-4,9H2,1-2H3,(H,17,18,20)/b19-11+. The van der Waals surface area contributed by atoms with Crippen LogP contribution in [0.3, 0.4) is 0 Å². The molecule has 0 atom stereocenters. The van der Waals surface area contributed by atoms with Crippen molar-refractivity contribution in [1.82, 2.24) is 9.97 Å². The van der Waals surface area contributed by atoms with Gasteiger partial charge in [0.1, 0.15) is 12.1 Å². The summed E-state index contributed by atoms with van der Waals surface area (Å²) in [5.74, 6) is 1.93. The van der Waals surface area contributed by atoms with E-state index in [1.807, 2.05) is 24.3 Å². The zero-order chi connectivity index (χ0) is 15.6. The van der Waals surface area contributed by atoms with Crippen molar-refractivity contribution in [3.8, 4) is 11.6 Å². The number of anilines is 1. The summed E-state index contributed by atoms with van der Waals surface area (Å²) in [6.45, 7) is 2.89. The number of hydrazone groups is 1.